The van der Waals surface area contributed by atoms with Crippen LogP contribution in [0, 0.1) is 25.7 Å². The summed E-state index contributed by atoms with van der Waals surface area (Å²) in [5, 5.41) is 0. The van der Waals surface area contributed by atoms with Crippen LogP contribution in [-0.2, 0) is 9.53 Å². The lowest BCUT2D eigenvalue weighted by Crippen LogP contribution is -2.47. The van der Waals surface area contributed by atoms with Gasteiger partial charge in [0.05, 0.1) is 12.6 Å². The molecule has 0 spiro atoms. The lowest BCUT2D eigenvalue weighted by atomic mass is 9.98. The molecular weight excluding hydrogens is 332 g/mol. The number of esters is 1. The van der Waals surface area contributed by atoms with Crippen LogP contribution in [0.2, 0.25) is 0 Å². The summed E-state index contributed by atoms with van der Waals surface area (Å²) in [6.45, 7) is 15.4. The minimum absolute atomic E-state index is 0.0454. The van der Waals surface area contributed by atoms with E-state index in [9.17, 15) is 14.4 Å². The number of nitrogens with zero attached hydrogens (tertiary/aromatic N) is 1. The molecule has 0 saturated carbocycles. The third-order valence-electron chi connectivity index (χ3n) is 4.35. The highest BCUT2D eigenvalue weighted by Crippen LogP contribution is 2.23. The number of ether oxygens (including phenoxy) is 1. The van der Waals surface area contributed by atoms with Crippen LogP contribution in [0.3, 0.4) is 0 Å². The Morgan fingerprint density at radius 1 is 1.08 bits per heavy atom. The Kier molecular flexibility index (Phi) is 7.60. The van der Waals surface area contributed by atoms with Crippen molar-refractivity contribution in [2.45, 2.75) is 61.4 Å². The second-order valence-electron chi connectivity index (χ2n) is 7.42. The number of Topliss-reactive ketones (excluding diaryl/α,β-unsaturated/α-hetero) is 1. The first kappa shape index (κ1) is 21.9. The quantitative estimate of drug-likeness (QED) is 0.565. The molecule has 1 atom stereocenters. The molecule has 0 aliphatic carbocycles. The fraction of sp³-hybridized carbons (Fsp3) is 0.650. The van der Waals surface area contributed by atoms with E-state index in [4.69, 9.17) is 4.74 Å². The average Bonchev–Trinajstić information content (AvgIpc) is 2.85. The van der Waals surface area contributed by atoms with E-state index in [1.807, 2.05) is 27.7 Å². The number of aromatic amines is 1. The van der Waals surface area contributed by atoms with Gasteiger partial charge in [0.15, 0.2) is 5.78 Å². The van der Waals surface area contributed by atoms with Crippen molar-refractivity contribution in [3.05, 3.63) is 22.5 Å². The smallest absolute Gasteiger partial charge is 0.355 e. The van der Waals surface area contributed by atoms with Gasteiger partial charge in [0.2, 0.25) is 5.91 Å². The standard InChI is InChI=1S/C20H32N2O4/c1-9-26-20(25)17-13(6)16(14(7)21-17)18(23)15(8)22(10-11(2)3)19(24)12(4)5/h11-12,15,21H,9-10H2,1-8H3/t15-/m1/s1. The van der Waals surface area contributed by atoms with Crippen LogP contribution in [0.5, 0.6) is 0 Å². The molecule has 1 N–H and O–H groups in total. The summed E-state index contributed by atoms with van der Waals surface area (Å²) < 4.78 is 5.04. The maximum Gasteiger partial charge on any atom is 0.355 e. The zero-order chi connectivity index (χ0) is 20.2. The second-order valence-corrected chi connectivity index (χ2v) is 7.42. The highest BCUT2D eigenvalue weighted by Gasteiger charge is 2.32. The number of rotatable bonds is 8. The maximum atomic E-state index is 13.2. The SMILES string of the molecule is CCOC(=O)c1[nH]c(C)c(C(=O)[C@@H](C)N(CC(C)C)C(=O)C(C)C)c1C. The fourth-order valence-electron chi connectivity index (χ4n) is 3.04. The first-order valence-electron chi connectivity index (χ1n) is 9.23. The third-order valence-corrected chi connectivity index (χ3v) is 4.35. The largest absolute Gasteiger partial charge is 0.461 e. The van der Waals surface area contributed by atoms with Gasteiger partial charge in [0, 0.05) is 23.7 Å². The van der Waals surface area contributed by atoms with E-state index >= 15 is 0 Å². The van der Waals surface area contributed by atoms with Gasteiger partial charge < -0.3 is 14.6 Å². The number of ketones is 1. The van der Waals surface area contributed by atoms with Crippen molar-refractivity contribution in [1.82, 2.24) is 9.88 Å². The Bertz CT molecular complexity index is 674. The van der Waals surface area contributed by atoms with Gasteiger partial charge >= 0.3 is 5.97 Å². The molecule has 0 unspecified atom stereocenters. The van der Waals surface area contributed by atoms with E-state index in [1.54, 1.807) is 32.6 Å². The predicted octanol–water partition coefficient (Wildman–Crippen LogP) is 3.52. The monoisotopic (exact) mass is 364 g/mol. The molecule has 0 fully saturated rings. The lowest BCUT2D eigenvalue weighted by molar-refractivity contribution is -0.136. The molecule has 0 saturated heterocycles. The molecule has 146 valence electrons. The number of aromatic nitrogens is 1. The number of carbonyl (C=O) groups is 3. The Hall–Kier alpha value is -2.11. The van der Waals surface area contributed by atoms with Crippen molar-refractivity contribution >= 4 is 17.7 Å². The van der Waals surface area contributed by atoms with Crippen LogP contribution in [0.1, 0.15) is 73.6 Å². The van der Waals surface area contributed by atoms with Gasteiger partial charge in [-0.15, -0.1) is 0 Å². The topological polar surface area (TPSA) is 79.5 Å². The molecule has 1 heterocycles. The molecule has 6 nitrogen and oxygen atoms in total. The fourth-order valence-corrected chi connectivity index (χ4v) is 3.04. The summed E-state index contributed by atoms with van der Waals surface area (Å²) in [6.07, 6.45) is 0. The zero-order valence-electron chi connectivity index (χ0n) is 17.2. The molecule has 26 heavy (non-hydrogen) atoms. The van der Waals surface area contributed by atoms with Gasteiger partial charge in [-0.25, -0.2) is 4.79 Å². The van der Waals surface area contributed by atoms with E-state index < -0.39 is 12.0 Å². The minimum Gasteiger partial charge on any atom is -0.461 e. The minimum atomic E-state index is -0.601. The van der Waals surface area contributed by atoms with Crippen molar-refractivity contribution < 1.29 is 19.1 Å². The molecule has 0 bridgehead atoms. The highest BCUT2D eigenvalue weighted by molar-refractivity contribution is 6.06. The normalized spacial score (nSPS) is 12.4. The number of hydrogen-bond donors (Lipinski definition) is 1. The Labute approximate surface area is 156 Å². The van der Waals surface area contributed by atoms with Crippen molar-refractivity contribution in [2.75, 3.05) is 13.2 Å². The van der Waals surface area contributed by atoms with E-state index in [0.717, 1.165) is 0 Å². The molecule has 1 aromatic heterocycles. The van der Waals surface area contributed by atoms with Gasteiger partial charge in [0.1, 0.15) is 5.69 Å². The number of carbonyl (C=O) groups excluding carboxylic acids is 3. The Morgan fingerprint density at radius 2 is 1.65 bits per heavy atom. The summed E-state index contributed by atoms with van der Waals surface area (Å²) >= 11 is 0. The van der Waals surface area contributed by atoms with Crippen molar-refractivity contribution in [2.24, 2.45) is 11.8 Å². The van der Waals surface area contributed by atoms with Gasteiger partial charge in [-0.1, -0.05) is 27.7 Å². The molecule has 0 radical (unpaired) electrons. The van der Waals surface area contributed by atoms with E-state index in [2.05, 4.69) is 4.98 Å². The molecule has 0 aliphatic rings. The van der Waals surface area contributed by atoms with Gasteiger partial charge in [-0.3, -0.25) is 9.59 Å². The summed E-state index contributed by atoms with van der Waals surface area (Å²) in [7, 11) is 0. The number of amides is 1. The molecular formula is C20H32N2O4. The first-order chi connectivity index (χ1) is 12.0. The lowest BCUT2D eigenvalue weighted by Gasteiger charge is -2.31. The van der Waals surface area contributed by atoms with E-state index in [-0.39, 0.29) is 30.1 Å². The first-order valence-corrected chi connectivity index (χ1v) is 9.23. The van der Waals surface area contributed by atoms with Crippen LogP contribution in [-0.4, -0.2) is 46.7 Å². The number of H-pyrrole nitrogens is 1. The van der Waals surface area contributed by atoms with Gasteiger partial charge in [0.25, 0.3) is 0 Å². The number of aryl methyl sites for hydroxylation is 1. The summed E-state index contributed by atoms with van der Waals surface area (Å²) in [6, 6.07) is -0.601. The van der Waals surface area contributed by atoms with Gasteiger partial charge in [-0.05, 0) is 39.2 Å². The molecule has 6 heteroatoms. The van der Waals surface area contributed by atoms with Crippen LogP contribution >= 0.6 is 0 Å². The van der Waals surface area contributed by atoms with E-state index in [0.29, 0.717) is 29.1 Å². The Balaban J connectivity index is 3.24. The van der Waals surface area contributed by atoms with Crippen LogP contribution in [0.4, 0.5) is 0 Å². The summed E-state index contributed by atoms with van der Waals surface area (Å²) in [5.74, 6) is -0.626. The van der Waals surface area contributed by atoms with Crippen LogP contribution < -0.4 is 0 Å². The van der Waals surface area contributed by atoms with Crippen molar-refractivity contribution in [3.8, 4) is 0 Å². The molecule has 0 aliphatic heterocycles. The number of hydrogen-bond acceptors (Lipinski definition) is 4. The maximum absolute atomic E-state index is 13.2. The van der Waals surface area contributed by atoms with Crippen LogP contribution in [0.25, 0.3) is 0 Å². The third kappa shape index (κ3) is 4.74. The second kappa shape index (κ2) is 9.01. The Morgan fingerprint density at radius 3 is 2.12 bits per heavy atom. The highest BCUT2D eigenvalue weighted by atomic mass is 16.5. The van der Waals surface area contributed by atoms with Gasteiger partial charge in [-0.2, -0.15) is 0 Å². The van der Waals surface area contributed by atoms with E-state index in [1.165, 1.54) is 0 Å². The molecule has 1 rings (SSSR count). The number of nitrogens with one attached hydrogen (secondary N) is 1. The molecule has 1 amide bonds. The molecule has 0 aromatic carbocycles. The summed E-state index contributed by atoms with van der Waals surface area (Å²) in [5.41, 5.74) is 1.94. The van der Waals surface area contributed by atoms with Crippen molar-refractivity contribution in [3.63, 3.8) is 0 Å². The summed E-state index contributed by atoms with van der Waals surface area (Å²) in [4.78, 5) is 42.5. The zero-order valence-corrected chi connectivity index (χ0v) is 17.2. The van der Waals surface area contributed by atoms with Crippen molar-refractivity contribution in [1.29, 1.82) is 0 Å². The van der Waals surface area contributed by atoms with Crippen LogP contribution in [0.15, 0.2) is 0 Å². The average molecular weight is 364 g/mol. The molecule has 1 aromatic rings. The predicted molar refractivity (Wildman–Crippen MR) is 101 cm³/mol.